The first-order valence-corrected chi connectivity index (χ1v) is 7.11. The molecule has 108 valence electrons. The summed E-state index contributed by atoms with van der Waals surface area (Å²) in [6, 6.07) is 1.33. The third-order valence-corrected chi connectivity index (χ3v) is 3.17. The van der Waals surface area contributed by atoms with Crippen LogP contribution in [-0.2, 0) is 11.3 Å². The highest BCUT2D eigenvalue weighted by Crippen LogP contribution is 2.30. The van der Waals surface area contributed by atoms with Crippen molar-refractivity contribution in [2.75, 3.05) is 31.7 Å². The second-order valence-corrected chi connectivity index (χ2v) is 5.56. The van der Waals surface area contributed by atoms with E-state index in [1.165, 1.54) is 12.8 Å². The van der Waals surface area contributed by atoms with E-state index in [4.69, 9.17) is 9.15 Å². The van der Waals surface area contributed by atoms with Crippen LogP contribution in [0, 0.1) is 5.92 Å². The van der Waals surface area contributed by atoms with Gasteiger partial charge in [-0.25, -0.2) is 0 Å². The lowest BCUT2D eigenvalue weighted by Gasteiger charge is -2.19. The van der Waals surface area contributed by atoms with Crippen molar-refractivity contribution in [1.82, 2.24) is 10.3 Å². The van der Waals surface area contributed by atoms with Gasteiger partial charge in [0.25, 0.3) is 6.01 Å². The number of rotatable bonds is 9. The Bertz CT molecular complexity index is 375. The van der Waals surface area contributed by atoms with Gasteiger partial charge in [-0.05, 0) is 25.3 Å². The van der Waals surface area contributed by atoms with Gasteiger partial charge in [-0.3, -0.25) is 0 Å². The minimum atomic E-state index is 0.588. The van der Waals surface area contributed by atoms with E-state index in [0.717, 1.165) is 31.3 Å². The molecule has 0 saturated heterocycles. The molecule has 0 atom stereocenters. The molecule has 2 rings (SSSR count). The molecule has 0 unspecified atom stereocenters. The van der Waals surface area contributed by atoms with Gasteiger partial charge in [-0.15, -0.1) is 0 Å². The summed E-state index contributed by atoms with van der Waals surface area (Å²) < 4.78 is 10.7. The van der Waals surface area contributed by atoms with E-state index < -0.39 is 0 Å². The first-order chi connectivity index (χ1) is 9.20. The highest BCUT2D eigenvalue weighted by atomic mass is 16.5. The van der Waals surface area contributed by atoms with Gasteiger partial charge in [0.15, 0.2) is 0 Å². The Morgan fingerprint density at radius 1 is 1.53 bits per heavy atom. The van der Waals surface area contributed by atoms with E-state index in [9.17, 15) is 0 Å². The lowest BCUT2D eigenvalue weighted by molar-refractivity contribution is 0.203. The molecule has 19 heavy (non-hydrogen) atoms. The van der Waals surface area contributed by atoms with E-state index in [2.05, 4.69) is 29.0 Å². The van der Waals surface area contributed by atoms with Gasteiger partial charge >= 0.3 is 0 Å². The van der Waals surface area contributed by atoms with Crippen molar-refractivity contribution in [2.45, 2.75) is 39.3 Å². The average molecular weight is 267 g/mol. The molecular formula is C14H25N3O2. The van der Waals surface area contributed by atoms with Gasteiger partial charge in [0.2, 0.25) is 0 Å². The van der Waals surface area contributed by atoms with Crippen LogP contribution in [0.3, 0.4) is 0 Å². The van der Waals surface area contributed by atoms with Gasteiger partial charge in [0, 0.05) is 26.2 Å². The Morgan fingerprint density at radius 3 is 2.95 bits per heavy atom. The molecule has 0 aromatic carbocycles. The topological polar surface area (TPSA) is 50.5 Å². The van der Waals surface area contributed by atoms with Gasteiger partial charge in [-0.2, -0.15) is 4.98 Å². The maximum Gasteiger partial charge on any atom is 0.297 e. The van der Waals surface area contributed by atoms with Crippen LogP contribution < -0.4 is 10.2 Å². The number of hydrogen-bond donors (Lipinski definition) is 1. The second-order valence-electron chi connectivity index (χ2n) is 5.56. The molecule has 1 aromatic rings. The Kier molecular flexibility index (Phi) is 5.22. The quantitative estimate of drug-likeness (QED) is 0.742. The third-order valence-electron chi connectivity index (χ3n) is 3.17. The molecule has 0 radical (unpaired) electrons. The smallest absolute Gasteiger partial charge is 0.297 e. The summed E-state index contributed by atoms with van der Waals surface area (Å²) in [6.45, 7) is 7.71. The Balaban J connectivity index is 1.86. The zero-order chi connectivity index (χ0) is 13.7. The fraction of sp³-hybridized carbons (Fsp3) is 0.786. The number of aromatic nitrogens is 1. The molecule has 1 saturated carbocycles. The summed E-state index contributed by atoms with van der Waals surface area (Å²) in [5.74, 6) is 0.649. The van der Waals surface area contributed by atoms with Crippen LogP contribution in [0.2, 0.25) is 0 Å². The molecule has 1 aliphatic carbocycles. The zero-order valence-corrected chi connectivity index (χ0v) is 12.2. The molecular weight excluding hydrogens is 242 g/mol. The van der Waals surface area contributed by atoms with Gasteiger partial charge in [0.1, 0.15) is 6.26 Å². The summed E-state index contributed by atoms with van der Waals surface area (Å²) in [7, 11) is 1.72. The first-order valence-electron chi connectivity index (χ1n) is 7.11. The van der Waals surface area contributed by atoms with Crippen LogP contribution in [0.15, 0.2) is 10.7 Å². The van der Waals surface area contributed by atoms with Crippen LogP contribution in [-0.4, -0.2) is 37.8 Å². The third kappa shape index (κ3) is 4.51. The molecule has 0 spiro atoms. The van der Waals surface area contributed by atoms with E-state index in [-0.39, 0.29) is 0 Å². The highest BCUT2D eigenvalue weighted by Gasteiger charge is 2.31. The molecule has 0 amide bonds. The number of ether oxygens (including phenoxy) is 1. The molecule has 1 heterocycles. The number of nitrogens with one attached hydrogen (secondary N) is 1. The van der Waals surface area contributed by atoms with E-state index >= 15 is 0 Å². The molecule has 5 heteroatoms. The fourth-order valence-corrected chi connectivity index (χ4v) is 2.01. The fourth-order valence-electron chi connectivity index (χ4n) is 2.01. The minimum absolute atomic E-state index is 0.588. The number of hydrogen-bond acceptors (Lipinski definition) is 5. The van der Waals surface area contributed by atoms with Crippen molar-refractivity contribution in [1.29, 1.82) is 0 Å². The van der Waals surface area contributed by atoms with Crippen molar-refractivity contribution in [3.05, 3.63) is 12.0 Å². The average Bonchev–Trinajstić information content (AvgIpc) is 3.10. The molecule has 1 aliphatic rings. The molecule has 0 aliphatic heterocycles. The number of nitrogens with zero attached hydrogens (tertiary/aromatic N) is 2. The predicted octanol–water partition coefficient (Wildman–Crippen LogP) is 2.04. The van der Waals surface area contributed by atoms with Crippen LogP contribution in [0.1, 0.15) is 32.4 Å². The predicted molar refractivity (Wildman–Crippen MR) is 75.3 cm³/mol. The molecule has 1 N–H and O–H groups in total. The summed E-state index contributed by atoms with van der Waals surface area (Å²) in [6.07, 6.45) is 4.21. The summed E-state index contributed by atoms with van der Waals surface area (Å²) in [5.41, 5.74) is 0.971. The maximum absolute atomic E-state index is 5.60. The van der Waals surface area contributed by atoms with Crippen LogP contribution in [0.25, 0.3) is 0 Å². The van der Waals surface area contributed by atoms with Crippen molar-refractivity contribution in [3.8, 4) is 0 Å². The first kappa shape index (κ1) is 14.3. The van der Waals surface area contributed by atoms with Gasteiger partial charge < -0.3 is 19.4 Å². The van der Waals surface area contributed by atoms with Crippen molar-refractivity contribution in [2.24, 2.45) is 5.92 Å². The molecule has 1 aromatic heterocycles. The lowest BCUT2D eigenvalue weighted by Crippen LogP contribution is -2.29. The molecule has 1 fully saturated rings. The largest absolute Gasteiger partial charge is 0.432 e. The second kappa shape index (κ2) is 6.91. The maximum atomic E-state index is 5.60. The van der Waals surface area contributed by atoms with E-state index in [0.29, 0.717) is 18.6 Å². The van der Waals surface area contributed by atoms with Crippen molar-refractivity contribution in [3.63, 3.8) is 0 Å². The van der Waals surface area contributed by atoms with Crippen molar-refractivity contribution >= 4 is 6.01 Å². The Hall–Kier alpha value is -1.07. The lowest BCUT2D eigenvalue weighted by atomic mass is 10.2. The van der Waals surface area contributed by atoms with Crippen LogP contribution >= 0.6 is 0 Å². The van der Waals surface area contributed by atoms with Gasteiger partial charge in [-0.1, -0.05) is 13.8 Å². The van der Waals surface area contributed by atoms with E-state index in [1.807, 2.05) is 0 Å². The Morgan fingerprint density at radius 2 is 2.32 bits per heavy atom. The minimum Gasteiger partial charge on any atom is -0.432 e. The molecule has 0 bridgehead atoms. The summed E-state index contributed by atoms with van der Waals surface area (Å²) in [5, 5.41) is 3.38. The standard InChI is InChI=1S/C14H25N3O2/c1-11(2)8-15-9-12-10-19-14(16-12)17(6-7-18-3)13-4-5-13/h10-11,13,15H,4-9H2,1-3H3. The number of methoxy groups -OCH3 is 1. The summed E-state index contributed by atoms with van der Waals surface area (Å²) in [4.78, 5) is 6.78. The van der Waals surface area contributed by atoms with Crippen LogP contribution in [0.5, 0.6) is 0 Å². The normalized spacial score (nSPS) is 15.2. The monoisotopic (exact) mass is 267 g/mol. The summed E-state index contributed by atoms with van der Waals surface area (Å²) >= 11 is 0. The van der Waals surface area contributed by atoms with Crippen molar-refractivity contribution < 1.29 is 9.15 Å². The number of oxazole rings is 1. The van der Waals surface area contributed by atoms with E-state index in [1.54, 1.807) is 13.4 Å². The molecule has 5 nitrogen and oxygen atoms in total. The van der Waals surface area contributed by atoms with Gasteiger partial charge in [0.05, 0.1) is 12.3 Å². The highest BCUT2D eigenvalue weighted by molar-refractivity contribution is 5.31. The van der Waals surface area contributed by atoms with Crippen LogP contribution in [0.4, 0.5) is 6.01 Å². The SMILES string of the molecule is COCCN(c1nc(CNCC(C)C)co1)C1CC1. The Labute approximate surface area is 115 Å². The number of anilines is 1. The zero-order valence-electron chi connectivity index (χ0n) is 12.2.